The molecule has 3 nitrogen and oxygen atoms in total. The molecular formula is C24H28FN3. The summed E-state index contributed by atoms with van der Waals surface area (Å²) in [6.45, 7) is 6.57. The lowest BCUT2D eigenvalue weighted by Gasteiger charge is -2.23. The molecule has 0 amide bonds. The molecule has 3 aromatic rings. The van der Waals surface area contributed by atoms with Gasteiger partial charge in [0, 0.05) is 28.1 Å². The number of aromatic amines is 1. The van der Waals surface area contributed by atoms with Gasteiger partial charge in [-0.25, -0.2) is 4.39 Å². The van der Waals surface area contributed by atoms with E-state index in [1.54, 1.807) is 0 Å². The lowest BCUT2D eigenvalue weighted by molar-refractivity contribution is 0.460. The first-order valence-electron chi connectivity index (χ1n) is 10.6. The molecule has 4 heteroatoms. The van der Waals surface area contributed by atoms with Crippen molar-refractivity contribution in [3.05, 3.63) is 53.1 Å². The Morgan fingerprint density at radius 3 is 2.54 bits per heavy atom. The van der Waals surface area contributed by atoms with E-state index in [9.17, 15) is 4.39 Å². The Balaban J connectivity index is 1.65. The Morgan fingerprint density at radius 2 is 1.82 bits per heavy atom. The van der Waals surface area contributed by atoms with Crippen molar-refractivity contribution in [1.82, 2.24) is 15.3 Å². The van der Waals surface area contributed by atoms with E-state index in [-0.39, 0.29) is 5.82 Å². The van der Waals surface area contributed by atoms with E-state index in [2.05, 4.69) is 47.3 Å². The smallest absolute Gasteiger partial charge is 0.150 e. The molecule has 0 radical (unpaired) electrons. The van der Waals surface area contributed by atoms with Gasteiger partial charge in [0.05, 0.1) is 11.9 Å². The Hall–Kier alpha value is -2.20. The number of nitrogens with zero attached hydrogens (tertiary/aromatic N) is 1. The standard InChI is InChI=1S/C24H28FN3/c1-14(2)23-19-11-17(15-7-9-26-10-8-15)5-6-21(19)28-24(23)18-12-22(16-3-4-16)27-13-20(18)25/h5-6,11-16,26,28H,3-4,7-10H2,1-2H3. The maximum atomic E-state index is 14.8. The SMILES string of the molecule is CC(C)c1c(-c2cc(C3CC3)ncc2F)[nH]c2ccc(C3CCNCC3)cc12. The predicted molar refractivity (Wildman–Crippen MR) is 112 cm³/mol. The van der Waals surface area contributed by atoms with Crippen LogP contribution in [-0.4, -0.2) is 23.1 Å². The maximum Gasteiger partial charge on any atom is 0.150 e. The largest absolute Gasteiger partial charge is 0.354 e. The molecule has 5 rings (SSSR count). The van der Waals surface area contributed by atoms with Gasteiger partial charge in [-0.2, -0.15) is 0 Å². The van der Waals surface area contributed by atoms with Crippen molar-refractivity contribution in [2.75, 3.05) is 13.1 Å². The molecule has 28 heavy (non-hydrogen) atoms. The predicted octanol–water partition coefficient (Wildman–Crippen LogP) is 5.84. The third-order valence-corrected chi connectivity index (χ3v) is 6.39. The van der Waals surface area contributed by atoms with Gasteiger partial charge < -0.3 is 10.3 Å². The van der Waals surface area contributed by atoms with E-state index >= 15 is 0 Å². The highest BCUT2D eigenvalue weighted by atomic mass is 19.1. The summed E-state index contributed by atoms with van der Waals surface area (Å²) in [5.41, 5.74) is 6.35. The van der Waals surface area contributed by atoms with Crippen LogP contribution in [0.1, 0.15) is 74.1 Å². The van der Waals surface area contributed by atoms with Crippen LogP contribution in [0.15, 0.2) is 30.5 Å². The Morgan fingerprint density at radius 1 is 1.04 bits per heavy atom. The molecule has 2 fully saturated rings. The number of hydrogen-bond acceptors (Lipinski definition) is 2. The average molecular weight is 378 g/mol. The summed E-state index contributed by atoms with van der Waals surface area (Å²) in [4.78, 5) is 7.87. The molecule has 1 aliphatic heterocycles. The van der Waals surface area contributed by atoms with Gasteiger partial charge in [0.1, 0.15) is 0 Å². The highest BCUT2D eigenvalue weighted by Crippen LogP contribution is 2.42. The van der Waals surface area contributed by atoms with Crippen molar-refractivity contribution in [3.8, 4) is 11.3 Å². The minimum absolute atomic E-state index is 0.239. The number of halogens is 1. The number of fused-ring (bicyclic) bond motifs is 1. The second-order valence-corrected chi connectivity index (χ2v) is 8.76. The van der Waals surface area contributed by atoms with Crippen molar-refractivity contribution in [3.63, 3.8) is 0 Å². The van der Waals surface area contributed by atoms with Crippen molar-refractivity contribution >= 4 is 10.9 Å². The van der Waals surface area contributed by atoms with E-state index in [4.69, 9.17) is 0 Å². The van der Waals surface area contributed by atoms with E-state index in [1.807, 2.05) is 6.07 Å². The molecule has 2 aromatic heterocycles. The quantitative estimate of drug-likeness (QED) is 0.600. The van der Waals surface area contributed by atoms with Gasteiger partial charge >= 0.3 is 0 Å². The number of rotatable bonds is 4. The van der Waals surface area contributed by atoms with Gasteiger partial charge in [-0.15, -0.1) is 0 Å². The molecule has 146 valence electrons. The molecule has 1 saturated carbocycles. The lowest BCUT2D eigenvalue weighted by atomic mass is 9.88. The van der Waals surface area contributed by atoms with Crippen molar-refractivity contribution < 1.29 is 4.39 Å². The summed E-state index contributed by atoms with van der Waals surface area (Å²) in [6.07, 6.45) is 6.11. The summed E-state index contributed by atoms with van der Waals surface area (Å²) in [6, 6.07) is 8.75. The molecule has 1 aliphatic carbocycles. The molecule has 1 aromatic carbocycles. The Bertz CT molecular complexity index is 1010. The fraction of sp³-hybridized carbons (Fsp3) is 0.458. The zero-order chi connectivity index (χ0) is 19.3. The minimum Gasteiger partial charge on any atom is -0.354 e. The van der Waals surface area contributed by atoms with Gasteiger partial charge in [0.25, 0.3) is 0 Å². The van der Waals surface area contributed by atoms with Crippen LogP contribution in [0, 0.1) is 5.82 Å². The van der Waals surface area contributed by atoms with Gasteiger partial charge in [-0.3, -0.25) is 4.98 Å². The Kier molecular flexibility index (Phi) is 4.47. The fourth-order valence-corrected chi connectivity index (χ4v) is 4.70. The van der Waals surface area contributed by atoms with Gasteiger partial charge in [-0.1, -0.05) is 19.9 Å². The normalized spacial score (nSPS) is 18.3. The van der Waals surface area contributed by atoms with Crippen molar-refractivity contribution in [1.29, 1.82) is 0 Å². The number of nitrogens with one attached hydrogen (secondary N) is 2. The molecule has 0 bridgehead atoms. The number of H-pyrrole nitrogens is 1. The van der Waals surface area contributed by atoms with Crippen LogP contribution < -0.4 is 5.32 Å². The molecule has 0 spiro atoms. The topological polar surface area (TPSA) is 40.7 Å². The van der Waals surface area contributed by atoms with Crippen LogP contribution in [0.25, 0.3) is 22.2 Å². The zero-order valence-corrected chi connectivity index (χ0v) is 16.7. The number of piperidine rings is 1. The maximum absolute atomic E-state index is 14.8. The summed E-state index contributed by atoms with van der Waals surface area (Å²) in [5, 5.41) is 4.69. The van der Waals surface area contributed by atoms with Crippen LogP contribution in [0.4, 0.5) is 4.39 Å². The van der Waals surface area contributed by atoms with Gasteiger partial charge in [0.15, 0.2) is 5.82 Å². The molecule has 0 atom stereocenters. The zero-order valence-electron chi connectivity index (χ0n) is 16.7. The van der Waals surface area contributed by atoms with Crippen LogP contribution >= 0.6 is 0 Å². The number of aromatic nitrogens is 2. The lowest BCUT2D eigenvalue weighted by Crippen LogP contribution is -2.26. The monoisotopic (exact) mass is 377 g/mol. The summed E-state index contributed by atoms with van der Waals surface area (Å²) < 4.78 is 14.8. The molecule has 0 unspecified atom stereocenters. The third kappa shape index (κ3) is 3.14. The van der Waals surface area contributed by atoms with Crippen molar-refractivity contribution in [2.45, 2.75) is 57.3 Å². The molecule has 2 N–H and O–H groups in total. The highest BCUT2D eigenvalue weighted by molar-refractivity contribution is 5.92. The summed E-state index contributed by atoms with van der Waals surface area (Å²) in [7, 11) is 0. The van der Waals surface area contributed by atoms with Crippen LogP contribution in [0.5, 0.6) is 0 Å². The van der Waals surface area contributed by atoms with Crippen LogP contribution in [-0.2, 0) is 0 Å². The third-order valence-electron chi connectivity index (χ3n) is 6.39. The summed E-state index contributed by atoms with van der Waals surface area (Å²) in [5.74, 6) is 1.20. The van der Waals surface area contributed by atoms with E-state index in [0.717, 1.165) is 30.0 Å². The van der Waals surface area contributed by atoms with E-state index < -0.39 is 0 Å². The average Bonchev–Trinajstić information content (AvgIpc) is 3.48. The fourth-order valence-electron chi connectivity index (χ4n) is 4.70. The molecular weight excluding hydrogens is 349 g/mol. The summed E-state index contributed by atoms with van der Waals surface area (Å²) >= 11 is 0. The van der Waals surface area contributed by atoms with Gasteiger partial charge in [-0.05, 0) is 79.9 Å². The van der Waals surface area contributed by atoms with Crippen LogP contribution in [0.3, 0.4) is 0 Å². The van der Waals surface area contributed by atoms with E-state index in [0.29, 0.717) is 23.3 Å². The second kappa shape index (κ2) is 7.00. The number of benzene rings is 1. The van der Waals surface area contributed by atoms with Crippen molar-refractivity contribution in [2.24, 2.45) is 0 Å². The first-order valence-corrected chi connectivity index (χ1v) is 10.6. The minimum atomic E-state index is -0.239. The first kappa shape index (κ1) is 17.9. The second-order valence-electron chi connectivity index (χ2n) is 8.76. The Labute approximate surface area is 165 Å². The number of hydrogen-bond donors (Lipinski definition) is 2. The highest BCUT2D eigenvalue weighted by Gasteiger charge is 2.27. The molecule has 1 saturated heterocycles. The number of pyridine rings is 1. The first-order chi connectivity index (χ1) is 13.6. The van der Waals surface area contributed by atoms with Gasteiger partial charge in [0.2, 0.25) is 0 Å². The molecule has 3 heterocycles. The van der Waals surface area contributed by atoms with Crippen LogP contribution in [0.2, 0.25) is 0 Å². The van der Waals surface area contributed by atoms with E-state index in [1.165, 1.54) is 48.4 Å². The molecule has 2 aliphatic rings.